The zero-order valence-corrected chi connectivity index (χ0v) is 21.8. The summed E-state index contributed by atoms with van der Waals surface area (Å²) in [6.45, 7) is 3.12. The van der Waals surface area contributed by atoms with E-state index < -0.39 is 35.5 Å². The molecule has 0 saturated carbocycles. The number of hydrogen-bond acceptors (Lipinski definition) is 5. The van der Waals surface area contributed by atoms with E-state index >= 15 is 0 Å². The zero-order chi connectivity index (χ0) is 30.8. The van der Waals surface area contributed by atoms with E-state index in [-0.39, 0.29) is 23.6 Å². The fourth-order valence-corrected chi connectivity index (χ4v) is 3.97. The molecule has 0 spiro atoms. The number of aliphatic carboxylic acids is 1. The Morgan fingerprint density at radius 2 is 1.67 bits per heavy atom. The number of benzene rings is 2. The molecule has 5 aromatic rings. The van der Waals surface area contributed by atoms with Gasteiger partial charge in [-0.05, 0) is 61.9 Å². The minimum absolute atomic E-state index is 0.208. The number of aromatic nitrogens is 3. The number of alkyl halides is 3. The van der Waals surface area contributed by atoms with Crippen LogP contribution in [0.1, 0.15) is 27.2 Å². The van der Waals surface area contributed by atoms with Crippen molar-refractivity contribution in [2.45, 2.75) is 26.6 Å². The number of carbonyl (C=O) groups excluding carboxylic acids is 1. The van der Waals surface area contributed by atoms with Crippen LogP contribution >= 0.6 is 0 Å². The van der Waals surface area contributed by atoms with Crippen LogP contribution in [0.5, 0.6) is 5.88 Å². The molecule has 42 heavy (non-hydrogen) atoms. The molecule has 0 aliphatic carbocycles. The monoisotopic (exact) mass is 590 g/mol. The third kappa shape index (κ3) is 6.43. The molecular weight excluding hydrogens is 570 g/mol. The van der Waals surface area contributed by atoms with E-state index in [2.05, 4.69) is 15.4 Å². The van der Waals surface area contributed by atoms with Gasteiger partial charge >= 0.3 is 12.1 Å². The first-order valence-corrected chi connectivity index (χ1v) is 12.0. The lowest BCUT2D eigenvalue weighted by Gasteiger charge is -2.11. The first kappa shape index (κ1) is 29.8. The molecule has 8 nitrogen and oxygen atoms in total. The van der Waals surface area contributed by atoms with Gasteiger partial charge in [-0.3, -0.25) is 9.78 Å². The van der Waals surface area contributed by atoms with Crippen molar-refractivity contribution in [3.8, 4) is 5.88 Å². The van der Waals surface area contributed by atoms with E-state index in [0.717, 1.165) is 17.7 Å². The molecule has 0 aliphatic rings. The molecule has 0 fully saturated rings. The summed E-state index contributed by atoms with van der Waals surface area (Å²) in [5.41, 5.74) is 2.64. The molecule has 5 rings (SSSR count). The Morgan fingerprint density at radius 3 is 2.31 bits per heavy atom. The highest BCUT2D eigenvalue weighted by Crippen LogP contribution is 2.27. The van der Waals surface area contributed by atoms with Gasteiger partial charge in [-0.2, -0.15) is 22.8 Å². The summed E-state index contributed by atoms with van der Waals surface area (Å²) in [4.78, 5) is 26.4. The lowest BCUT2D eigenvalue weighted by Crippen LogP contribution is -2.21. The van der Waals surface area contributed by atoms with Crippen molar-refractivity contribution >= 4 is 34.0 Å². The molecule has 1 amide bonds. The summed E-state index contributed by atoms with van der Waals surface area (Å²) >= 11 is 0. The van der Waals surface area contributed by atoms with Crippen molar-refractivity contribution in [3.63, 3.8) is 0 Å². The molecule has 2 N–H and O–H groups in total. The number of nitrogens with zero attached hydrogens (tertiary/aromatic N) is 3. The number of pyridine rings is 2. The molecule has 14 heteroatoms. The molecule has 2 aromatic carbocycles. The number of rotatable bonds is 5. The highest BCUT2D eigenvalue weighted by molar-refractivity contribution is 6.12. The first-order valence-electron chi connectivity index (χ1n) is 12.0. The fourth-order valence-electron chi connectivity index (χ4n) is 3.97. The standard InChI is InChI=1S/C26H19F3N4O2.C2HF3O2/c1-14-10-23-25(26(34)31-22-8-9-30-21-7-6-16(27)12-17(21)22)15(2)32-33(23)24(11-14)35-13-18-19(28)4-3-5-20(18)29;3-2(4,5)1(6)7/h3-12H,13H2,1-2H3,(H,30,31,34);(H,6,7). The summed E-state index contributed by atoms with van der Waals surface area (Å²) in [7, 11) is 0. The number of amides is 1. The van der Waals surface area contributed by atoms with Crippen LogP contribution in [-0.2, 0) is 11.4 Å². The summed E-state index contributed by atoms with van der Waals surface area (Å²) in [6, 6.07) is 12.7. The largest absolute Gasteiger partial charge is 0.490 e. The molecule has 3 heterocycles. The maximum Gasteiger partial charge on any atom is 0.490 e. The number of carboxylic acid groups (broad SMARTS) is 1. The second kappa shape index (κ2) is 11.8. The lowest BCUT2D eigenvalue weighted by atomic mass is 10.1. The van der Waals surface area contributed by atoms with Crippen molar-refractivity contribution in [1.82, 2.24) is 14.6 Å². The number of hydrogen-bond donors (Lipinski definition) is 2. The van der Waals surface area contributed by atoms with Gasteiger partial charge in [-0.15, -0.1) is 0 Å². The van der Waals surface area contributed by atoms with E-state index in [4.69, 9.17) is 14.6 Å². The second-order valence-electron chi connectivity index (χ2n) is 8.89. The van der Waals surface area contributed by atoms with Crippen molar-refractivity contribution in [2.24, 2.45) is 0 Å². The lowest BCUT2D eigenvalue weighted by molar-refractivity contribution is -0.192. The number of nitrogens with one attached hydrogen (secondary N) is 1. The van der Waals surface area contributed by atoms with E-state index in [1.807, 2.05) is 0 Å². The number of carboxylic acids is 1. The van der Waals surface area contributed by atoms with Gasteiger partial charge in [0.25, 0.3) is 5.91 Å². The SMILES string of the molecule is Cc1cc(OCc2c(F)cccc2F)n2nc(C)c(C(=O)Nc3ccnc4ccc(F)cc34)c2c1.O=C(O)C(F)(F)F. The maximum absolute atomic E-state index is 14.0. The van der Waals surface area contributed by atoms with E-state index in [1.165, 1.54) is 35.0 Å². The van der Waals surface area contributed by atoms with Crippen molar-refractivity contribution in [2.75, 3.05) is 5.32 Å². The minimum atomic E-state index is -5.08. The summed E-state index contributed by atoms with van der Waals surface area (Å²) in [5, 5.41) is 14.8. The average molecular weight is 590 g/mol. The van der Waals surface area contributed by atoms with Crippen LogP contribution < -0.4 is 10.1 Å². The van der Waals surface area contributed by atoms with E-state index in [9.17, 15) is 31.1 Å². The molecule has 0 bridgehead atoms. The number of ether oxygens (including phenoxy) is 1. The van der Waals surface area contributed by atoms with Crippen molar-refractivity contribution in [1.29, 1.82) is 0 Å². The Morgan fingerprint density at radius 1 is 1.00 bits per heavy atom. The third-order valence-electron chi connectivity index (χ3n) is 5.87. The van der Waals surface area contributed by atoms with Crippen molar-refractivity contribution < 1.29 is 45.8 Å². The minimum Gasteiger partial charge on any atom is -0.475 e. The maximum atomic E-state index is 14.0. The smallest absolute Gasteiger partial charge is 0.475 e. The van der Waals surface area contributed by atoms with Gasteiger partial charge in [-0.1, -0.05) is 6.07 Å². The Kier molecular flexibility index (Phi) is 8.36. The van der Waals surface area contributed by atoms with Gasteiger partial charge in [0.1, 0.15) is 24.1 Å². The average Bonchev–Trinajstić information content (AvgIpc) is 3.24. The normalized spacial score (nSPS) is 11.2. The number of carbonyl (C=O) groups is 2. The predicted molar refractivity (Wildman–Crippen MR) is 139 cm³/mol. The molecule has 0 saturated heterocycles. The van der Waals surface area contributed by atoms with Crippen LogP contribution in [0.4, 0.5) is 32.0 Å². The molecule has 0 aliphatic heterocycles. The topological polar surface area (TPSA) is 106 Å². The highest BCUT2D eigenvalue weighted by Gasteiger charge is 2.38. The van der Waals surface area contributed by atoms with Gasteiger partial charge in [-0.25, -0.2) is 18.0 Å². The quantitative estimate of drug-likeness (QED) is 0.230. The van der Waals surface area contributed by atoms with Gasteiger partial charge in [0.05, 0.1) is 33.5 Å². The number of anilines is 1. The van der Waals surface area contributed by atoms with Crippen LogP contribution in [0.25, 0.3) is 16.4 Å². The molecule has 0 unspecified atom stereocenters. The predicted octanol–water partition coefficient (Wildman–Crippen LogP) is 6.38. The van der Waals surface area contributed by atoms with Gasteiger partial charge in [0.2, 0.25) is 5.88 Å². The van der Waals surface area contributed by atoms with E-state index in [1.54, 1.807) is 32.0 Å². The number of fused-ring (bicyclic) bond motifs is 2. The van der Waals surface area contributed by atoms with Crippen molar-refractivity contribution in [3.05, 3.63) is 101 Å². The Hall–Kier alpha value is -5.14. The van der Waals surface area contributed by atoms with Gasteiger partial charge in [0, 0.05) is 17.6 Å². The first-order chi connectivity index (χ1) is 19.8. The second-order valence-corrected chi connectivity index (χ2v) is 8.89. The summed E-state index contributed by atoms with van der Waals surface area (Å²) in [5.74, 6) is -4.87. The zero-order valence-electron chi connectivity index (χ0n) is 21.8. The van der Waals surface area contributed by atoms with Crippen LogP contribution in [-0.4, -0.2) is 37.8 Å². The van der Waals surface area contributed by atoms with Crippen LogP contribution in [0.2, 0.25) is 0 Å². The third-order valence-corrected chi connectivity index (χ3v) is 5.87. The Labute approximate surface area is 233 Å². The highest BCUT2D eigenvalue weighted by atomic mass is 19.4. The summed E-state index contributed by atoms with van der Waals surface area (Å²) < 4.78 is 80.8. The van der Waals surface area contributed by atoms with Gasteiger partial charge < -0.3 is 15.2 Å². The molecule has 218 valence electrons. The summed E-state index contributed by atoms with van der Waals surface area (Å²) in [6.07, 6.45) is -3.56. The molecule has 3 aromatic heterocycles. The number of halogens is 6. The van der Waals surface area contributed by atoms with E-state index in [0.29, 0.717) is 27.8 Å². The Bertz CT molecular complexity index is 1800. The van der Waals surface area contributed by atoms with Crippen LogP contribution in [0, 0.1) is 31.3 Å². The number of aryl methyl sites for hydroxylation is 2. The fraction of sp³-hybridized carbons (Fsp3) is 0.143. The molecule has 0 radical (unpaired) electrons. The van der Waals surface area contributed by atoms with Gasteiger partial charge in [0.15, 0.2) is 0 Å². The Balaban J connectivity index is 0.000000517. The molecule has 0 atom stereocenters. The molecular formula is C28H20F6N4O4. The van der Waals surface area contributed by atoms with Crippen LogP contribution in [0.15, 0.2) is 60.8 Å². The van der Waals surface area contributed by atoms with Crippen LogP contribution in [0.3, 0.4) is 0 Å².